The van der Waals surface area contributed by atoms with Crippen molar-refractivity contribution in [2.24, 2.45) is 0 Å². The van der Waals surface area contributed by atoms with Crippen LogP contribution in [0.15, 0.2) is 243 Å². The van der Waals surface area contributed by atoms with Crippen molar-refractivity contribution in [3.63, 3.8) is 0 Å². The van der Waals surface area contributed by atoms with Gasteiger partial charge in [-0.1, -0.05) is 182 Å². The zero-order valence-electron chi connectivity index (χ0n) is 34.0. The van der Waals surface area contributed by atoms with Crippen molar-refractivity contribution < 1.29 is 0 Å². The van der Waals surface area contributed by atoms with Gasteiger partial charge in [-0.3, -0.25) is 0 Å². The van der Waals surface area contributed by atoms with Gasteiger partial charge in [0.15, 0.2) is 0 Å². The van der Waals surface area contributed by atoms with Crippen molar-refractivity contribution in [1.29, 1.82) is 0 Å². The first-order valence-electron chi connectivity index (χ1n) is 21.3. The molecule has 0 saturated heterocycles. The first-order chi connectivity index (χ1) is 30.8. The molecule has 0 unspecified atom stereocenters. The molecule has 0 saturated carbocycles. The largest absolute Gasteiger partial charge is 0.309 e. The van der Waals surface area contributed by atoms with E-state index in [1.807, 2.05) is 0 Å². The lowest BCUT2D eigenvalue weighted by atomic mass is 9.95. The maximum Gasteiger partial charge on any atom is 0.0619 e. The number of para-hydroxylation sites is 2. The minimum Gasteiger partial charge on any atom is -0.309 e. The summed E-state index contributed by atoms with van der Waals surface area (Å²) < 4.78 is 4.95. The molecule has 0 atom stereocenters. The van der Waals surface area contributed by atoms with Gasteiger partial charge in [0.25, 0.3) is 0 Å². The normalized spacial score (nSPS) is 11.5. The van der Waals surface area contributed by atoms with Gasteiger partial charge in [-0.2, -0.15) is 0 Å². The van der Waals surface area contributed by atoms with Crippen LogP contribution in [0.25, 0.3) is 111 Å². The van der Waals surface area contributed by atoms with Gasteiger partial charge in [0, 0.05) is 44.0 Å². The van der Waals surface area contributed by atoms with Gasteiger partial charge < -0.3 is 9.13 Å². The summed E-state index contributed by atoms with van der Waals surface area (Å²) >= 11 is 0. The highest BCUT2D eigenvalue weighted by Gasteiger charge is 2.22. The van der Waals surface area contributed by atoms with Crippen LogP contribution >= 0.6 is 0 Å². The van der Waals surface area contributed by atoms with E-state index < -0.39 is 0 Å². The highest BCUT2D eigenvalue weighted by atomic mass is 15.0. The molecule has 2 heterocycles. The highest BCUT2D eigenvalue weighted by molar-refractivity contribution is 6.18. The van der Waals surface area contributed by atoms with Crippen LogP contribution in [0, 0.1) is 0 Å². The molecule has 12 rings (SSSR count). The summed E-state index contributed by atoms with van der Waals surface area (Å²) in [4.78, 5) is 0. The van der Waals surface area contributed by atoms with Crippen molar-refractivity contribution in [3.8, 4) is 67.0 Å². The van der Waals surface area contributed by atoms with Crippen LogP contribution in [0.2, 0.25) is 0 Å². The SMILES string of the molecule is c1ccc(-c2cc(-c3ccccc3)c3c(c2)c2ccc(-c4ccc5c6cc(-c7ccccc7)cc(-c7ccccc7)c6n(-c6ccccc6)c5c4)cc2n3-c2ccccc2)cc1. The second kappa shape index (κ2) is 14.8. The molecule has 12 aromatic rings. The van der Waals surface area contributed by atoms with Gasteiger partial charge in [-0.25, -0.2) is 0 Å². The number of rotatable bonds is 7. The van der Waals surface area contributed by atoms with Gasteiger partial charge in [-0.15, -0.1) is 0 Å². The zero-order chi connectivity index (χ0) is 41.0. The number of hydrogen-bond donors (Lipinski definition) is 0. The number of hydrogen-bond acceptors (Lipinski definition) is 0. The fourth-order valence-corrected chi connectivity index (χ4v) is 9.61. The van der Waals surface area contributed by atoms with E-state index in [0.717, 1.165) is 11.4 Å². The van der Waals surface area contributed by atoms with E-state index in [4.69, 9.17) is 0 Å². The Morgan fingerprint density at radius 2 is 0.532 bits per heavy atom. The Bertz CT molecular complexity index is 3330. The monoisotopic (exact) mass is 788 g/mol. The van der Waals surface area contributed by atoms with E-state index in [1.54, 1.807) is 0 Å². The summed E-state index contributed by atoms with van der Waals surface area (Å²) in [6, 6.07) is 88.5. The molecule has 0 radical (unpaired) electrons. The number of nitrogens with zero attached hydrogens (tertiary/aromatic N) is 2. The van der Waals surface area contributed by atoms with Gasteiger partial charge in [-0.05, 0) is 105 Å². The average molecular weight is 789 g/mol. The molecule has 0 bridgehead atoms. The smallest absolute Gasteiger partial charge is 0.0619 e. The molecule has 0 amide bonds. The molecule has 62 heavy (non-hydrogen) atoms. The van der Waals surface area contributed by atoms with Crippen molar-refractivity contribution in [2.75, 3.05) is 0 Å². The molecular formula is C60H40N2. The third kappa shape index (κ3) is 5.96. The zero-order valence-corrected chi connectivity index (χ0v) is 34.0. The van der Waals surface area contributed by atoms with Crippen LogP contribution in [0.3, 0.4) is 0 Å². The quantitative estimate of drug-likeness (QED) is 0.152. The standard InChI is InChI=1S/C60H40N2/c1-7-19-41(20-8-1)47-35-53(43-23-11-3-12-24-43)59-55(37-47)51-33-31-45(39-57(51)61(59)49-27-15-5-16-28-49)46-32-34-52-56-38-48(42-21-9-2-10-22-42)36-54(44-25-13-4-14-26-44)60(56)62(58(52)40-46)50-29-17-6-18-30-50/h1-40H. The summed E-state index contributed by atoms with van der Waals surface area (Å²) in [6.45, 7) is 0. The molecule has 0 fully saturated rings. The Balaban J connectivity index is 1.14. The fourth-order valence-electron chi connectivity index (χ4n) is 9.61. The molecule has 0 aliphatic carbocycles. The number of benzene rings is 10. The molecular weight excluding hydrogens is 749 g/mol. The van der Waals surface area contributed by atoms with Crippen LogP contribution in [-0.2, 0) is 0 Å². The van der Waals surface area contributed by atoms with Crippen molar-refractivity contribution in [1.82, 2.24) is 9.13 Å². The summed E-state index contributed by atoms with van der Waals surface area (Å²) in [5, 5.41) is 4.92. The Kier molecular flexibility index (Phi) is 8.53. The Labute approximate surface area is 360 Å². The van der Waals surface area contributed by atoms with E-state index in [1.165, 1.54) is 99.2 Å². The van der Waals surface area contributed by atoms with Crippen molar-refractivity contribution in [3.05, 3.63) is 243 Å². The molecule has 2 nitrogen and oxygen atoms in total. The second-order valence-corrected chi connectivity index (χ2v) is 16.1. The van der Waals surface area contributed by atoms with Crippen LogP contribution in [0.1, 0.15) is 0 Å². The van der Waals surface area contributed by atoms with Crippen molar-refractivity contribution in [2.45, 2.75) is 0 Å². The average Bonchev–Trinajstić information content (AvgIpc) is 3.87. The molecule has 10 aromatic carbocycles. The maximum atomic E-state index is 2.47. The summed E-state index contributed by atoms with van der Waals surface area (Å²) in [5.74, 6) is 0. The Morgan fingerprint density at radius 1 is 0.210 bits per heavy atom. The predicted molar refractivity (Wildman–Crippen MR) is 262 cm³/mol. The van der Waals surface area contributed by atoms with Crippen LogP contribution < -0.4 is 0 Å². The topological polar surface area (TPSA) is 9.86 Å². The molecule has 0 aliphatic rings. The van der Waals surface area contributed by atoms with E-state index in [-0.39, 0.29) is 0 Å². The van der Waals surface area contributed by atoms with Crippen molar-refractivity contribution >= 4 is 43.6 Å². The summed E-state index contributed by atoms with van der Waals surface area (Å²) in [7, 11) is 0. The molecule has 2 heteroatoms. The van der Waals surface area contributed by atoms with Gasteiger partial charge in [0.05, 0.1) is 22.1 Å². The number of fused-ring (bicyclic) bond motifs is 6. The Hall–Kier alpha value is -8.20. The van der Waals surface area contributed by atoms with E-state index in [9.17, 15) is 0 Å². The third-order valence-electron chi connectivity index (χ3n) is 12.5. The van der Waals surface area contributed by atoms with Crippen LogP contribution in [0.4, 0.5) is 0 Å². The van der Waals surface area contributed by atoms with Gasteiger partial charge in [0.2, 0.25) is 0 Å². The highest BCUT2D eigenvalue weighted by Crippen LogP contribution is 2.45. The van der Waals surface area contributed by atoms with E-state index in [0.29, 0.717) is 0 Å². The molecule has 290 valence electrons. The van der Waals surface area contributed by atoms with Gasteiger partial charge >= 0.3 is 0 Å². The predicted octanol–water partition coefficient (Wildman–Crippen LogP) is 16.2. The summed E-state index contributed by atoms with van der Waals surface area (Å²) in [6.07, 6.45) is 0. The van der Waals surface area contributed by atoms with Crippen LogP contribution in [0.5, 0.6) is 0 Å². The Morgan fingerprint density at radius 3 is 0.887 bits per heavy atom. The van der Waals surface area contributed by atoms with Gasteiger partial charge in [0.1, 0.15) is 0 Å². The van der Waals surface area contributed by atoms with E-state index >= 15 is 0 Å². The molecule has 0 aliphatic heterocycles. The molecule has 0 spiro atoms. The van der Waals surface area contributed by atoms with Crippen LogP contribution in [-0.4, -0.2) is 9.13 Å². The van der Waals surface area contributed by atoms with E-state index in [2.05, 4.69) is 252 Å². The number of aromatic nitrogens is 2. The molecule has 2 aromatic heterocycles. The first-order valence-corrected chi connectivity index (χ1v) is 21.3. The fraction of sp³-hybridized carbons (Fsp3) is 0. The summed E-state index contributed by atoms with van der Waals surface area (Å²) in [5.41, 5.74) is 19.0. The lowest BCUT2D eigenvalue weighted by molar-refractivity contribution is 1.18. The first kappa shape index (κ1) is 35.7. The maximum absolute atomic E-state index is 2.47. The minimum atomic E-state index is 1.14. The lowest BCUT2D eigenvalue weighted by Crippen LogP contribution is -1.96. The second-order valence-electron chi connectivity index (χ2n) is 16.1. The third-order valence-corrected chi connectivity index (χ3v) is 12.5. The molecule has 0 N–H and O–H groups in total. The lowest BCUT2D eigenvalue weighted by Gasteiger charge is -2.14. The minimum absolute atomic E-state index is 1.14.